The van der Waals surface area contributed by atoms with Gasteiger partial charge in [-0.2, -0.15) is 0 Å². The van der Waals surface area contributed by atoms with Crippen molar-refractivity contribution in [3.8, 4) is 0 Å². The molecule has 0 N–H and O–H groups in total. The van der Waals surface area contributed by atoms with Crippen LogP contribution in [0.2, 0.25) is 0 Å². The molecule has 1 heterocycles. The third-order valence-electron chi connectivity index (χ3n) is 2.56. The lowest BCUT2D eigenvalue weighted by Gasteiger charge is -2.37. The fourth-order valence-electron chi connectivity index (χ4n) is 1.59. The average Bonchev–Trinajstić information content (AvgIpc) is 1.99. The van der Waals surface area contributed by atoms with Crippen molar-refractivity contribution in [2.75, 3.05) is 20.3 Å². The van der Waals surface area contributed by atoms with Crippen molar-refractivity contribution in [1.82, 2.24) is 4.90 Å². The van der Waals surface area contributed by atoms with E-state index in [1.165, 1.54) is 12.8 Å². The summed E-state index contributed by atoms with van der Waals surface area (Å²) in [5.74, 6) is 0. The van der Waals surface area contributed by atoms with Crippen molar-refractivity contribution in [3.63, 3.8) is 0 Å². The minimum atomic E-state index is 0.597. The van der Waals surface area contributed by atoms with Crippen LogP contribution in [0.15, 0.2) is 0 Å². The molecule has 1 saturated heterocycles. The van der Waals surface area contributed by atoms with Gasteiger partial charge in [0.1, 0.15) is 0 Å². The van der Waals surface area contributed by atoms with Crippen molar-refractivity contribution in [2.45, 2.75) is 38.8 Å². The Bertz CT molecular complexity index is 114. The Kier molecular flexibility index (Phi) is 3.34. The zero-order valence-electron chi connectivity index (χ0n) is 7.84. The van der Waals surface area contributed by atoms with Gasteiger partial charge in [0.05, 0.1) is 13.2 Å². The summed E-state index contributed by atoms with van der Waals surface area (Å²) >= 11 is 0. The molecule has 0 aromatic heterocycles. The van der Waals surface area contributed by atoms with Crippen molar-refractivity contribution in [3.05, 3.63) is 0 Å². The predicted molar refractivity (Wildman–Crippen MR) is 46.7 cm³/mol. The van der Waals surface area contributed by atoms with Crippen LogP contribution in [0.5, 0.6) is 0 Å². The first-order chi connectivity index (χ1) is 5.25. The quantitative estimate of drug-likeness (QED) is 0.602. The molecule has 2 atom stereocenters. The van der Waals surface area contributed by atoms with Gasteiger partial charge >= 0.3 is 0 Å². The molecule has 1 aliphatic heterocycles. The maximum absolute atomic E-state index is 5.48. The molecule has 2 unspecified atom stereocenters. The Hall–Kier alpha value is -0.0800. The number of nitrogens with zero attached hydrogens (tertiary/aromatic N) is 1. The third kappa shape index (κ3) is 2.17. The lowest BCUT2D eigenvalue weighted by atomic mass is 10.1. The van der Waals surface area contributed by atoms with Gasteiger partial charge in [-0.1, -0.05) is 13.3 Å². The molecule has 0 bridgehead atoms. The van der Waals surface area contributed by atoms with Gasteiger partial charge < -0.3 is 4.74 Å². The van der Waals surface area contributed by atoms with Gasteiger partial charge in [-0.3, -0.25) is 4.90 Å². The molecule has 0 aromatic carbocycles. The van der Waals surface area contributed by atoms with Crippen molar-refractivity contribution in [2.24, 2.45) is 0 Å². The molecule has 0 amide bonds. The maximum Gasteiger partial charge on any atom is 0.0622 e. The standard InChI is InChI=1S/C9H19NO/c1-4-5-9-7-11-6-8(2)10(9)3/h8-9H,4-7H2,1-3H3. The van der Waals surface area contributed by atoms with Gasteiger partial charge in [-0.05, 0) is 20.4 Å². The van der Waals surface area contributed by atoms with Crippen LogP contribution in [0.4, 0.5) is 0 Å². The van der Waals surface area contributed by atoms with E-state index < -0.39 is 0 Å². The zero-order valence-corrected chi connectivity index (χ0v) is 7.84. The van der Waals surface area contributed by atoms with E-state index in [0.29, 0.717) is 12.1 Å². The Morgan fingerprint density at radius 1 is 1.45 bits per heavy atom. The molecule has 2 nitrogen and oxygen atoms in total. The van der Waals surface area contributed by atoms with Crippen molar-refractivity contribution < 1.29 is 4.74 Å². The molecule has 2 heteroatoms. The minimum absolute atomic E-state index is 0.597. The first-order valence-electron chi connectivity index (χ1n) is 4.55. The van der Waals surface area contributed by atoms with Gasteiger partial charge in [0.25, 0.3) is 0 Å². The van der Waals surface area contributed by atoms with Crippen LogP contribution < -0.4 is 0 Å². The van der Waals surface area contributed by atoms with Gasteiger partial charge in [0.2, 0.25) is 0 Å². The number of morpholine rings is 1. The highest BCUT2D eigenvalue weighted by Gasteiger charge is 2.23. The highest BCUT2D eigenvalue weighted by molar-refractivity contribution is 4.77. The monoisotopic (exact) mass is 157 g/mol. The summed E-state index contributed by atoms with van der Waals surface area (Å²) < 4.78 is 5.48. The average molecular weight is 157 g/mol. The number of likely N-dealkylation sites (N-methyl/N-ethyl adjacent to an activating group) is 1. The second-order valence-electron chi connectivity index (χ2n) is 3.49. The highest BCUT2D eigenvalue weighted by Crippen LogP contribution is 2.14. The molecule has 0 saturated carbocycles. The van der Waals surface area contributed by atoms with Crippen LogP contribution in [-0.2, 0) is 4.74 Å². The van der Waals surface area contributed by atoms with Gasteiger partial charge in [-0.25, -0.2) is 0 Å². The first kappa shape index (κ1) is 9.01. The van der Waals surface area contributed by atoms with Gasteiger partial charge in [0, 0.05) is 12.1 Å². The zero-order chi connectivity index (χ0) is 8.27. The summed E-state index contributed by atoms with van der Waals surface area (Å²) in [4.78, 5) is 2.44. The summed E-state index contributed by atoms with van der Waals surface area (Å²) in [7, 11) is 2.20. The van der Waals surface area contributed by atoms with Gasteiger partial charge in [-0.15, -0.1) is 0 Å². The normalized spacial score (nSPS) is 34.1. The third-order valence-corrected chi connectivity index (χ3v) is 2.56. The van der Waals surface area contributed by atoms with E-state index in [4.69, 9.17) is 4.74 Å². The number of hydrogen-bond donors (Lipinski definition) is 0. The van der Waals surface area contributed by atoms with E-state index in [1.54, 1.807) is 0 Å². The molecule has 0 aliphatic carbocycles. The fourth-order valence-corrected chi connectivity index (χ4v) is 1.59. The molecule has 0 spiro atoms. The molecule has 1 rings (SSSR count). The lowest BCUT2D eigenvalue weighted by molar-refractivity contribution is -0.0321. The SMILES string of the molecule is CCCC1COCC(C)N1C. The number of rotatable bonds is 2. The van der Waals surface area contributed by atoms with Crippen LogP contribution in [0.25, 0.3) is 0 Å². The van der Waals surface area contributed by atoms with Crippen LogP contribution in [0.3, 0.4) is 0 Å². The van der Waals surface area contributed by atoms with E-state index in [-0.39, 0.29) is 0 Å². The topological polar surface area (TPSA) is 12.5 Å². The predicted octanol–water partition coefficient (Wildman–Crippen LogP) is 1.51. The molecule has 0 radical (unpaired) electrons. The number of hydrogen-bond acceptors (Lipinski definition) is 2. The van der Waals surface area contributed by atoms with Crippen LogP contribution in [0, 0.1) is 0 Å². The van der Waals surface area contributed by atoms with Crippen molar-refractivity contribution >= 4 is 0 Å². The van der Waals surface area contributed by atoms with E-state index in [0.717, 1.165) is 13.2 Å². The summed E-state index contributed by atoms with van der Waals surface area (Å²) in [6.07, 6.45) is 2.52. The lowest BCUT2D eigenvalue weighted by Crippen LogP contribution is -2.48. The Morgan fingerprint density at radius 3 is 2.82 bits per heavy atom. The Labute approximate surface area is 69.5 Å². The van der Waals surface area contributed by atoms with E-state index in [9.17, 15) is 0 Å². The Morgan fingerprint density at radius 2 is 2.18 bits per heavy atom. The van der Waals surface area contributed by atoms with Crippen LogP contribution in [-0.4, -0.2) is 37.2 Å². The summed E-state index contributed by atoms with van der Waals surface area (Å²) in [5, 5.41) is 0. The molecular formula is C9H19NO. The second-order valence-corrected chi connectivity index (χ2v) is 3.49. The highest BCUT2D eigenvalue weighted by atomic mass is 16.5. The molecule has 11 heavy (non-hydrogen) atoms. The summed E-state index contributed by atoms with van der Waals surface area (Å²) in [5.41, 5.74) is 0. The second kappa shape index (κ2) is 4.07. The smallest absolute Gasteiger partial charge is 0.0622 e. The Balaban J connectivity index is 2.38. The molecular weight excluding hydrogens is 138 g/mol. The molecule has 66 valence electrons. The first-order valence-corrected chi connectivity index (χ1v) is 4.55. The largest absolute Gasteiger partial charge is 0.378 e. The summed E-state index contributed by atoms with van der Waals surface area (Å²) in [6.45, 7) is 6.28. The van der Waals surface area contributed by atoms with Crippen LogP contribution >= 0.6 is 0 Å². The van der Waals surface area contributed by atoms with Gasteiger partial charge in [0.15, 0.2) is 0 Å². The fraction of sp³-hybridized carbons (Fsp3) is 1.00. The summed E-state index contributed by atoms with van der Waals surface area (Å²) in [6, 6.07) is 1.25. The maximum atomic E-state index is 5.48. The minimum Gasteiger partial charge on any atom is -0.378 e. The molecule has 1 aliphatic rings. The van der Waals surface area contributed by atoms with Crippen molar-refractivity contribution in [1.29, 1.82) is 0 Å². The number of ether oxygens (including phenoxy) is 1. The van der Waals surface area contributed by atoms with E-state index >= 15 is 0 Å². The van der Waals surface area contributed by atoms with Crippen LogP contribution in [0.1, 0.15) is 26.7 Å². The van der Waals surface area contributed by atoms with E-state index in [1.807, 2.05) is 0 Å². The molecule has 0 aromatic rings. The van der Waals surface area contributed by atoms with E-state index in [2.05, 4.69) is 25.8 Å². The molecule has 1 fully saturated rings.